The molecule has 2 nitrogen and oxygen atoms in total. The van der Waals surface area contributed by atoms with Crippen molar-refractivity contribution >= 4 is 0 Å². The van der Waals surface area contributed by atoms with Crippen molar-refractivity contribution in [2.45, 2.75) is 38.1 Å². The topological polar surface area (TPSA) is 32.3 Å². The summed E-state index contributed by atoms with van der Waals surface area (Å²) in [6.45, 7) is 0. The number of rotatable bonds is 1. The van der Waals surface area contributed by atoms with Crippen molar-refractivity contribution in [3.8, 4) is 0 Å². The van der Waals surface area contributed by atoms with Gasteiger partial charge in [-0.3, -0.25) is 0 Å². The molecule has 0 amide bonds. The molecule has 3 heteroatoms. The number of hydroxylamine groups is 1. The number of nitrogens with one attached hydrogen (secondary N) is 1. The van der Waals surface area contributed by atoms with E-state index in [0.29, 0.717) is 6.04 Å². The molecule has 0 aromatic rings. The van der Waals surface area contributed by atoms with Crippen molar-refractivity contribution in [3.05, 3.63) is 0 Å². The van der Waals surface area contributed by atoms with Crippen molar-refractivity contribution < 1.29 is 26.3 Å². The van der Waals surface area contributed by atoms with Crippen LogP contribution in [-0.2, 0) is 21.1 Å². The van der Waals surface area contributed by atoms with E-state index in [1.807, 2.05) is 0 Å². The molecule has 1 aliphatic carbocycles. The van der Waals surface area contributed by atoms with Gasteiger partial charge in [-0.25, -0.2) is 5.48 Å². The summed E-state index contributed by atoms with van der Waals surface area (Å²) in [5, 5.41) is 8.44. The first-order valence-corrected chi connectivity index (χ1v) is 3.33. The van der Waals surface area contributed by atoms with Crippen LogP contribution in [0.3, 0.4) is 0 Å². The fourth-order valence-corrected chi connectivity index (χ4v) is 1.23. The predicted molar refractivity (Wildman–Crippen MR) is 31.8 cm³/mol. The Bertz CT molecular complexity index is 64.1. The van der Waals surface area contributed by atoms with Crippen molar-refractivity contribution in [3.63, 3.8) is 0 Å². The van der Waals surface area contributed by atoms with Gasteiger partial charge < -0.3 is 5.21 Å². The summed E-state index contributed by atoms with van der Waals surface area (Å²) in [6, 6.07) is 0.392. The molecular formula is C6H13NOPt. The van der Waals surface area contributed by atoms with Crippen molar-refractivity contribution in [1.82, 2.24) is 5.48 Å². The second-order valence-electron chi connectivity index (χ2n) is 2.46. The molecule has 0 spiro atoms. The van der Waals surface area contributed by atoms with Crippen LogP contribution in [0.1, 0.15) is 32.1 Å². The van der Waals surface area contributed by atoms with Crippen LogP contribution in [0.5, 0.6) is 0 Å². The van der Waals surface area contributed by atoms with Crippen LogP contribution in [0.2, 0.25) is 0 Å². The Hall–Kier alpha value is 0.608. The first kappa shape index (κ1) is 9.61. The Balaban J connectivity index is 0.000000640. The predicted octanol–water partition coefficient (Wildman–Crippen LogP) is 1.30. The number of hydrogen-bond acceptors (Lipinski definition) is 2. The maximum Gasteiger partial charge on any atom is 0.0319 e. The summed E-state index contributed by atoms with van der Waals surface area (Å²) in [4.78, 5) is 0. The zero-order valence-electron chi connectivity index (χ0n) is 5.38. The van der Waals surface area contributed by atoms with E-state index in [2.05, 4.69) is 5.48 Å². The Morgan fingerprint density at radius 3 is 2.00 bits per heavy atom. The van der Waals surface area contributed by atoms with Crippen LogP contribution in [0.4, 0.5) is 0 Å². The van der Waals surface area contributed by atoms with Gasteiger partial charge in [-0.15, -0.1) is 0 Å². The average molecular weight is 310 g/mol. The van der Waals surface area contributed by atoms with Gasteiger partial charge in [0.15, 0.2) is 0 Å². The van der Waals surface area contributed by atoms with Crippen molar-refractivity contribution in [2.24, 2.45) is 0 Å². The van der Waals surface area contributed by atoms with E-state index < -0.39 is 0 Å². The molecule has 2 N–H and O–H groups in total. The van der Waals surface area contributed by atoms with E-state index in [4.69, 9.17) is 5.21 Å². The molecule has 0 bridgehead atoms. The van der Waals surface area contributed by atoms with Crippen LogP contribution in [-0.4, -0.2) is 11.2 Å². The molecule has 1 fully saturated rings. The SMILES string of the molecule is ONC1CCCCC1.[Pt]. The third kappa shape index (κ3) is 3.34. The normalized spacial score (nSPS) is 21.0. The summed E-state index contributed by atoms with van der Waals surface area (Å²) < 4.78 is 0. The first-order valence-electron chi connectivity index (χ1n) is 3.33. The molecule has 0 heterocycles. The van der Waals surface area contributed by atoms with Crippen LogP contribution >= 0.6 is 0 Å². The summed E-state index contributed by atoms with van der Waals surface area (Å²) in [7, 11) is 0. The minimum atomic E-state index is 0. The molecule has 58 valence electrons. The standard InChI is InChI=1S/C6H13NO.Pt/c8-7-6-4-2-1-3-5-6;/h6-8H,1-5H2;. The smallest absolute Gasteiger partial charge is 0.0319 e. The van der Waals surface area contributed by atoms with E-state index in [9.17, 15) is 0 Å². The van der Waals surface area contributed by atoms with Crippen LogP contribution in [0, 0.1) is 0 Å². The molecule has 1 rings (SSSR count). The van der Waals surface area contributed by atoms with Gasteiger partial charge in [0.25, 0.3) is 0 Å². The van der Waals surface area contributed by atoms with Gasteiger partial charge in [0.1, 0.15) is 0 Å². The molecule has 0 aliphatic heterocycles. The summed E-state index contributed by atoms with van der Waals surface area (Å²) in [5.74, 6) is 0. The zero-order chi connectivity index (χ0) is 5.82. The average Bonchev–Trinajstić information content (AvgIpc) is 1.90. The van der Waals surface area contributed by atoms with Crippen molar-refractivity contribution in [2.75, 3.05) is 0 Å². The largest absolute Gasteiger partial charge is 0.317 e. The Morgan fingerprint density at radius 1 is 1.11 bits per heavy atom. The minimum Gasteiger partial charge on any atom is -0.317 e. The number of hydrogen-bond donors (Lipinski definition) is 2. The van der Waals surface area contributed by atoms with Gasteiger partial charge in [-0.1, -0.05) is 19.3 Å². The second kappa shape index (κ2) is 5.40. The Kier molecular flexibility index (Phi) is 5.76. The second-order valence-corrected chi connectivity index (χ2v) is 2.46. The molecule has 0 radical (unpaired) electrons. The molecule has 0 aromatic heterocycles. The summed E-state index contributed by atoms with van der Waals surface area (Å²) in [6.07, 6.45) is 6.20. The van der Waals surface area contributed by atoms with Crippen LogP contribution in [0.15, 0.2) is 0 Å². The molecule has 0 atom stereocenters. The van der Waals surface area contributed by atoms with Gasteiger partial charge in [-0.05, 0) is 12.8 Å². The fourth-order valence-electron chi connectivity index (χ4n) is 1.23. The third-order valence-electron chi connectivity index (χ3n) is 1.79. The zero-order valence-corrected chi connectivity index (χ0v) is 7.65. The summed E-state index contributed by atoms with van der Waals surface area (Å²) in [5.41, 5.74) is 2.30. The Labute approximate surface area is 70.2 Å². The van der Waals surface area contributed by atoms with E-state index >= 15 is 0 Å². The first-order chi connectivity index (χ1) is 3.93. The third-order valence-corrected chi connectivity index (χ3v) is 1.79. The maximum absolute atomic E-state index is 8.44. The van der Waals surface area contributed by atoms with Crippen LogP contribution in [0.25, 0.3) is 0 Å². The maximum atomic E-state index is 8.44. The molecular weight excluding hydrogens is 297 g/mol. The van der Waals surface area contributed by atoms with Gasteiger partial charge in [0, 0.05) is 27.1 Å². The fraction of sp³-hybridized carbons (Fsp3) is 1.00. The van der Waals surface area contributed by atoms with Gasteiger partial charge in [0.2, 0.25) is 0 Å². The molecule has 0 unspecified atom stereocenters. The van der Waals surface area contributed by atoms with E-state index in [0.717, 1.165) is 12.8 Å². The van der Waals surface area contributed by atoms with Gasteiger partial charge >= 0.3 is 0 Å². The molecule has 9 heavy (non-hydrogen) atoms. The Morgan fingerprint density at radius 2 is 1.67 bits per heavy atom. The summed E-state index contributed by atoms with van der Waals surface area (Å²) >= 11 is 0. The monoisotopic (exact) mass is 310 g/mol. The van der Waals surface area contributed by atoms with E-state index in [1.54, 1.807) is 0 Å². The molecule has 1 saturated carbocycles. The van der Waals surface area contributed by atoms with Crippen molar-refractivity contribution in [1.29, 1.82) is 0 Å². The van der Waals surface area contributed by atoms with E-state index in [1.165, 1.54) is 19.3 Å². The van der Waals surface area contributed by atoms with E-state index in [-0.39, 0.29) is 21.1 Å². The van der Waals surface area contributed by atoms with Crippen LogP contribution < -0.4 is 5.48 Å². The molecule has 1 aliphatic rings. The molecule has 0 saturated heterocycles. The minimum absolute atomic E-state index is 0. The quantitative estimate of drug-likeness (QED) is 0.716. The molecule has 0 aromatic carbocycles. The van der Waals surface area contributed by atoms with Gasteiger partial charge in [-0.2, -0.15) is 0 Å². The van der Waals surface area contributed by atoms with Gasteiger partial charge in [0.05, 0.1) is 0 Å².